The molecule has 0 aliphatic rings. The van der Waals surface area contributed by atoms with Crippen molar-refractivity contribution in [3.8, 4) is 11.4 Å². The van der Waals surface area contributed by atoms with Crippen molar-refractivity contribution in [3.05, 3.63) is 36.7 Å². The van der Waals surface area contributed by atoms with Crippen molar-refractivity contribution in [1.82, 2.24) is 14.9 Å². The number of halogens is 2. The highest BCUT2D eigenvalue weighted by Gasteiger charge is 2.17. The molecular formula is C17H25Cl2N5O2. The van der Waals surface area contributed by atoms with E-state index in [0.717, 1.165) is 11.4 Å². The van der Waals surface area contributed by atoms with E-state index in [2.05, 4.69) is 15.6 Å². The third-order valence-corrected chi connectivity index (χ3v) is 3.67. The lowest BCUT2D eigenvalue weighted by Crippen LogP contribution is -2.46. The number of hydrogen-bond donors (Lipinski definition) is 3. The van der Waals surface area contributed by atoms with E-state index in [0.29, 0.717) is 5.69 Å². The van der Waals surface area contributed by atoms with Crippen LogP contribution in [0.2, 0.25) is 0 Å². The highest BCUT2D eigenvalue weighted by atomic mass is 35.5. The van der Waals surface area contributed by atoms with E-state index in [1.807, 2.05) is 49.9 Å². The maximum absolute atomic E-state index is 12.0. The first-order valence-electron chi connectivity index (χ1n) is 7.79. The van der Waals surface area contributed by atoms with E-state index in [9.17, 15) is 9.59 Å². The fourth-order valence-electron chi connectivity index (χ4n) is 2.17. The van der Waals surface area contributed by atoms with Gasteiger partial charge in [-0.3, -0.25) is 9.59 Å². The fourth-order valence-corrected chi connectivity index (χ4v) is 2.17. The topological polar surface area (TPSA) is 102 Å². The molecule has 0 bridgehead atoms. The van der Waals surface area contributed by atoms with Crippen LogP contribution in [0.4, 0.5) is 5.69 Å². The Balaban J connectivity index is 0.00000312. The molecule has 0 saturated carbocycles. The van der Waals surface area contributed by atoms with Gasteiger partial charge in [-0.15, -0.1) is 24.8 Å². The van der Waals surface area contributed by atoms with Crippen LogP contribution in [-0.4, -0.2) is 34.0 Å². The molecule has 0 spiro atoms. The lowest BCUT2D eigenvalue weighted by atomic mass is 10.1. The zero-order valence-corrected chi connectivity index (χ0v) is 16.6. The molecule has 2 amide bonds. The molecule has 1 aromatic carbocycles. The average Bonchev–Trinajstić information content (AvgIpc) is 2.98. The summed E-state index contributed by atoms with van der Waals surface area (Å²) in [6.45, 7) is 3.59. The summed E-state index contributed by atoms with van der Waals surface area (Å²) < 4.78 is 1.90. The zero-order chi connectivity index (χ0) is 17.7. The number of aryl methyl sites for hydroxylation is 1. The van der Waals surface area contributed by atoms with Crippen LogP contribution in [0.15, 0.2) is 36.7 Å². The minimum Gasteiger partial charge on any atom is -0.346 e. The third kappa shape index (κ3) is 6.33. The first-order valence-corrected chi connectivity index (χ1v) is 7.79. The van der Waals surface area contributed by atoms with Crippen molar-refractivity contribution < 1.29 is 9.59 Å². The van der Waals surface area contributed by atoms with Crippen LogP contribution in [0.3, 0.4) is 0 Å². The molecule has 144 valence electrons. The molecule has 1 heterocycles. The Morgan fingerprint density at radius 2 is 1.96 bits per heavy atom. The molecule has 0 saturated heterocycles. The number of hydrogen-bond acceptors (Lipinski definition) is 4. The number of imidazole rings is 1. The molecule has 0 radical (unpaired) electrons. The van der Waals surface area contributed by atoms with Gasteiger partial charge in [0.2, 0.25) is 11.8 Å². The molecule has 2 aromatic rings. The van der Waals surface area contributed by atoms with Gasteiger partial charge in [0, 0.05) is 30.7 Å². The normalized spacial score (nSPS) is 11.1. The summed E-state index contributed by atoms with van der Waals surface area (Å²) in [6.07, 6.45) is 3.57. The van der Waals surface area contributed by atoms with Gasteiger partial charge in [-0.2, -0.15) is 0 Å². The van der Waals surface area contributed by atoms with E-state index >= 15 is 0 Å². The predicted octanol–water partition coefficient (Wildman–Crippen LogP) is 1.97. The highest BCUT2D eigenvalue weighted by Crippen LogP contribution is 2.20. The Bertz CT molecular complexity index is 733. The summed E-state index contributed by atoms with van der Waals surface area (Å²) in [6, 6.07) is 6.76. The molecule has 0 unspecified atom stereocenters. The second-order valence-corrected chi connectivity index (χ2v) is 5.98. The summed E-state index contributed by atoms with van der Waals surface area (Å²) in [7, 11) is 1.90. The van der Waals surface area contributed by atoms with Crippen molar-refractivity contribution in [1.29, 1.82) is 0 Å². The Morgan fingerprint density at radius 3 is 2.54 bits per heavy atom. The smallest absolute Gasteiger partial charge is 0.243 e. The molecule has 4 N–H and O–H groups in total. The lowest BCUT2D eigenvalue weighted by Gasteiger charge is -2.15. The number of nitrogens with one attached hydrogen (secondary N) is 2. The Kier molecular flexibility index (Phi) is 9.93. The second-order valence-electron chi connectivity index (χ2n) is 5.98. The van der Waals surface area contributed by atoms with Crippen molar-refractivity contribution >= 4 is 42.3 Å². The number of amides is 2. The monoisotopic (exact) mass is 401 g/mol. The van der Waals surface area contributed by atoms with Gasteiger partial charge in [0.25, 0.3) is 0 Å². The van der Waals surface area contributed by atoms with Gasteiger partial charge in [-0.05, 0) is 18.1 Å². The van der Waals surface area contributed by atoms with E-state index in [4.69, 9.17) is 5.73 Å². The Morgan fingerprint density at radius 1 is 1.27 bits per heavy atom. The quantitative estimate of drug-likeness (QED) is 0.688. The van der Waals surface area contributed by atoms with Crippen LogP contribution in [0, 0.1) is 5.92 Å². The second kappa shape index (κ2) is 10.8. The van der Waals surface area contributed by atoms with E-state index in [-0.39, 0.29) is 49.1 Å². The molecule has 0 aliphatic carbocycles. The largest absolute Gasteiger partial charge is 0.346 e. The van der Waals surface area contributed by atoms with Crippen molar-refractivity contribution in [2.45, 2.75) is 19.9 Å². The first kappa shape index (κ1) is 23.9. The molecule has 1 aromatic heterocycles. The number of nitrogens with zero attached hydrogens (tertiary/aromatic N) is 2. The maximum atomic E-state index is 12.0. The number of rotatable bonds is 6. The van der Waals surface area contributed by atoms with Crippen LogP contribution < -0.4 is 16.4 Å². The Hall–Kier alpha value is -2.09. The fraction of sp³-hybridized carbons (Fsp3) is 0.353. The minimum absolute atomic E-state index is 0. The number of aromatic nitrogens is 2. The van der Waals surface area contributed by atoms with Gasteiger partial charge in [0.05, 0.1) is 12.6 Å². The molecular weight excluding hydrogens is 377 g/mol. The van der Waals surface area contributed by atoms with Crippen LogP contribution in [0.25, 0.3) is 11.4 Å². The molecule has 9 heteroatoms. The van der Waals surface area contributed by atoms with Gasteiger partial charge >= 0.3 is 0 Å². The van der Waals surface area contributed by atoms with E-state index < -0.39 is 6.04 Å². The van der Waals surface area contributed by atoms with Gasteiger partial charge in [0.1, 0.15) is 5.82 Å². The van der Waals surface area contributed by atoms with Gasteiger partial charge < -0.3 is 20.9 Å². The number of carbonyl (C=O) groups excluding carboxylic acids is 2. The molecule has 1 atom stereocenters. The molecule has 2 rings (SSSR count). The maximum Gasteiger partial charge on any atom is 0.243 e. The minimum atomic E-state index is -0.621. The number of anilines is 1. The summed E-state index contributed by atoms with van der Waals surface area (Å²) in [5, 5.41) is 5.30. The van der Waals surface area contributed by atoms with Gasteiger partial charge in [-0.1, -0.05) is 26.0 Å². The molecule has 26 heavy (non-hydrogen) atoms. The summed E-state index contributed by atoms with van der Waals surface area (Å²) >= 11 is 0. The van der Waals surface area contributed by atoms with Crippen LogP contribution >= 0.6 is 24.8 Å². The van der Waals surface area contributed by atoms with Crippen LogP contribution in [0.5, 0.6) is 0 Å². The first-order chi connectivity index (χ1) is 11.4. The van der Waals surface area contributed by atoms with Crippen molar-refractivity contribution in [3.63, 3.8) is 0 Å². The van der Waals surface area contributed by atoms with Gasteiger partial charge in [0.15, 0.2) is 0 Å². The third-order valence-electron chi connectivity index (χ3n) is 3.67. The summed E-state index contributed by atoms with van der Waals surface area (Å²) in [5.41, 5.74) is 7.27. The standard InChI is InChI=1S/C17H23N5O2.2ClH/c1-11(2)15(18)17(24)20-10-14(23)21-13-6-4-5-12(9-13)16-19-7-8-22(16)3;;/h4-9,11,15H,10,18H2,1-3H3,(H,20,24)(H,21,23);2*1H/t15-;;/m0../s1. The predicted molar refractivity (Wildman–Crippen MR) is 108 cm³/mol. The SMILES string of the molecule is CC(C)[C@H](N)C(=O)NCC(=O)Nc1cccc(-c2nccn2C)c1.Cl.Cl. The molecule has 7 nitrogen and oxygen atoms in total. The average molecular weight is 402 g/mol. The van der Waals surface area contributed by atoms with E-state index in [1.165, 1.54) is 0 Å². The van der Waals surface area contributed by atoms with Crippen LogP contribution in [0.1, 0.15) is 13.8 Å². The van der Waals surface area contributed by atoms with E-state index in [1.54, 1.807) is 12.3 Å². The number of benzene rings is 1. The van der Waals surface area contributed by atoms with Gasteiger partial charge in [-0.25, -0.2) is 4.98 Å². The summed E-state index contributed by atoms with van der Waals surface area (Å²) in [4.78, 5) is 28.0. The molecule has 0 aliphatic heterocycles. The van der Waals surface area contributed by atoms with Crippen molar-refractivity contribution in [2.75, 3.05) is 11.9 Å². The lowest BCUT2D eigenvalue weighted by molar-refractivity contribution is -0.125. The summed E-state index contributed by atoms with van der Waals surface area (Å²) in [5.74, 6) is 0.183. The zero-order valence-electron chi connectivity index (χ0n) is 14.9. The highest BCUT2D eigenvalue weighted by molar-refractivity contribution is 5.95. The Labute approximate surface area is 165 Å². The molecule has 0 fully saturated rings. The van der Waals surface area contributed by atoms with Crippen LogP contribution in [-0.2, 0) is 16.6 Å². The number of nitrogens with two attached hydrogens (primary N) is 1. The number of carbonyl (C=O) groups is 2. The van der Waals surface area contributed by atoms with Crippen molar-refractivity contribution in [2.24, 2.45) is 18.7 Å².